The van der Waals surface area contributed by atoms with Gasteiger partial charge in [-0.3, -0.25) is 0 Å². The Hall–Kier alpha value is -3.14. The van der Waals surface area contributed by atoms with E-state index in [1.807, 2.05) is 79.7 Å². The summed E-state index contributed by atoms with van der Waals surface area (Å²) in [6, 6.07) is 31.8. The van der Waals surface area contributed by atoms with E-state index in [0.29, 0.717) is 12.3 Å². The molecule has 4 rings (SSSR count). The number of methoxy groups -OCH3 is 4. The molecule has 6 nitrogen and oxygen atoms in total. The fourth-order valence-electron chi connectivity index (χ4n) is 4.95. The molecule has 0 amide bonds. The summed E-state index contributed by atoms with van der Waals surface area (Å²) >= 11 is 0. The lowest BCUT2D eigenvalue weighted by molar-refractivity contribution is -0.110. The molecule has 0 heterocycles. The molecule has 0 fully saturated rings. The first kappa shape index (κ1) is 30.8. The van der Waals surface area contributed by atoms with Crippen molar-refractivity contribution >= 4 is 37.1 Å². The third kappa shape index (κ3) is 6.85. The van der Waals surface area contributed by atoms with Crippen LogP contribution in [0.15, 0.2) is 97.1 Å². The van der Waals surface area contributed by atoms with Crippen molar-refractivity contribution in [3.05, 3.63) is 97.1 Å². The fourth-order valence-corrected chi connectivity index (χ4v) is 11.1. The lowest BCUT2D eigenvalue weighted by Gasteiger charge is -2.39. The van der Waals surface area contributed by atoms with Crippen LogP contribution in [0.25, 0.3) is 0 Å². The second-order valence-electron chi connectivity index (χ2n) is 9.89. The first-order chi connectivity index (χ1) is 19.9. The van der Waals surface area contributed by atoms with E-state index in [4.69, 9.17) is 18.9 Å². The lowest BCUT2D eigenvalue weighted by Crippen LogP contribution is -2.42. The lowest BCUT2D eigenvalue weighted by atomic mass is 9.95. The highest BCUT2D eigenvalue weighted by atomic mass is 31.1. The molecular formula is C33H38O6P2. The molecule has 216 valence electrons. The van der Waals surface area contributed by atoms with E-state index < -0.39 is 27.5 Å². The first-order valence-electron chi connectivity index (χ1n) is 13.3. The summed E-state index contributed by atoms with van der Waals surface area (Å²) in [5.74, 6) is 3.04. The summed E-state index contributed by atoms with van der Waals surface area (Å²) in [4.78, 5) is 0. The number of para-hydroxylation sites is 4. The van der Waals surface area contributed by atoms with Crippen molar-refractivity contribution in [2.75, 3.05) is 40.8 Å². The van der Waals surface area contributed by atoms with Gasteiger partial charge in [-0.05, 0) is 52.4 Å². The predicted molar refractivity (Wildman–Crippen MR) is 170 cm³/mol. The zero-order chi connectivity index (χ0) is 29.4. The van der Waals surface area contributed by atoms with Crippen LogP contribution in [0.4, 0.5) is 0 Å². The van der Waals surface area contributed by atoms with E-state index >= 15 is 0 Å². The van der Waals surface area contributed by atoms with Gasteiger partial charge < -0.3 is 29.2 Å². The topological polar surface area (TPSA) is 77.4 Å². The van der Waals surface area contributed by atoms with E-state index in [1.54, 1.807) is 28.4 Å². The van der Waals surface area contributed by atoms with Gasteiger partial charge >= 0.3 is 0 Å². The highest BCUT2D eigenvalue weighted by Gasteiger charge is 2.41. The molecule has 0 aromatic heterocycles. The van der Waals surface area contributed by atoms with Crippen LogP contribution in [-0.4, -0.2) is 57.3 Å². The molecule has 0 saturated heterocycles. The molecule has 41 heavy (non-hydrogen) atoms. The average molecular weight is 593 g/mol. The second kappa shape index (κ2) is 14.2. The highest BCUT2D eigenvalue weighted by Crippen LogP contribution is 2.52. The van der Waals surface area contributed by atoms with Gasteiger partial charge in [-0.15, -0.1) is 0 Å². The molecule has 0 unspecified atom stereocenters. The Morgan fingerprint density at radius 3 is 0.976 bits per heavy atom. The number of hydrogen-bond donors (Lipinski definition) is 2. The normalized spacial score (nSPS) is 11.7. The average Bonchev–Trinajstić information content (AvgIpc) is 3.02. The predicted octanol–water partition coefficient (Wildman–Crippen LogP) is 4.60. The number of aliphatic hydroxyl groups is 2. The standard InChI is InChI=1S/C33H38O6P2/c1-33(32(34)35,22-40(28-18-10-6-14-24(28)36-2)29-19-11-7-15-25(29)37-3)23-41(30-20-12-8-16-26(30)38-4)31-21-13-9-17-27(31)39-5/h6-21,32,34-35H,22-23H2,1-5H3. The van der Waals surface area contributed by atoms with Crippen LogP contribution >= 0.6 is 15.8 Å². The van der Waals surface area contributed by atoms with Gasteiger partial charge in [0.2, 0.25) is 0 Å². The Balaban J connectivity index is 1.88. The first-order valence-corrected chi connectivity index (χ1v) is 16.4. The number of ether oxygens (including phenoxy) is 4. The quantitative estimate of drug-likeness (QED) is 0.175. The van der Waals surface area contributed by atoms with Crippen molar-refractivity contribution in [3.63, 3.8) is 0 Å². The van der Waals surface area contributed by atoms with E-state index in [2.05, 4.69) is 24.3 Å². The number of benzene rings is 4. The molecule has 0 aliphatic heterocycles. The maximum atomic E-state index is 11.1. The smallest absolute Gasteiger partial charge is 0.157 e. The van der Waals surface area contributed by atoms with E-state index in [1.165, 1.54) is 0 Å². The number of rotatable bonds is 13. The van der Waals surface area contributed by atoms with Crippen molar-refractivity contribution < 1.29 is 29.2 Å². The molecule has 0 bridgehead atoms. The molecular weight excluding hydrogens is 554 g/mol. The third-order valence-corrected chi connectivity index (χ3v) is 13.0. The summed E-state index contributed by atoms with van der Waals surface area (Å²) in [5, 5.41) is 26.3. The van der Waals surface area contributed by atoms with Crippen LogP contribution in [0.1, 0.15) is 6.92 Å². The van der Waals surface area contributed by atoms with Crippen molar-refractivity contribution in [2.45, 2.75) is 13.2 Å². The van der Waals surface area contributed by atoms with Crippen LogP contribution < -0.4 is 40.2 Å². The Morgan fingerprint density at radius 1 is 0.512 bits per heavy atom. The molecule has 8 heteroatoms. The Labute approximate surface area is 245 Å². The highest BCUT2D eigenvalue weighted by molar-refractivity contribution is 7.74. The van der Waals surface area contributed by atoms with Crippen LogP contribution in [-0.2, 0) is 0 Å². The molecule has 4 aromatic carbocycles. The summed E-state index contributed by atoms with van der Waals surface area (Å²) in [6.45, 7) is 1.96. The van der Waals surface area contributed by atoms with Crippen molar-refractivity contribution in [2.24, 2.45) is 5.41 Å². The van der Waals surface area contributed by atoms with Gasteiger partial charge in [0, 0.05) is 26.6 Å². The molecule has 0 saturated carbocycles. The summed E-state index contributed by atoms with van der Waals surface area (Å²) in [7, 11) is 4.38. The van der Waals surface area contributed by atoms with Crippen LogP contribution in [0, 0.1) is 5.41 Å². The van der Waals surface area contributed by atoms with Crippen molar-refractivity contribution in [3.8, 4) is 23.0 Å². The molecule has 0 atom stereocenters. The van der Waals surface area contributed by atoms with Gasteiger partial charge in [-0.2, -0.15) is 0 Å². The maximum Gasteiger partial charge on any atom is 0.157 e. The molecule has 4 aromatic rings. The minimum Gasteiger partial charge on any atom is -0.496 e. The molecule has 0 aliphatic rings. The summed E-state index contributed by atoms with van der Waals surface area (Å²) in [5.41, 5.74) is -0.930. The van der Waals surface area contributed by atoms with Crippen LogP contribution in [0.3, 0.4) is 0 Å². The van der Waals surface area contributed by atoms with Crippen molar-refractivity contribution in [1.29, 1.82) is 0 Å². The van der Waals surface area contributed by atoms with Gasteiger partial charge in [0.15, 0.2) is 6.29 Å². The van der Waals surface area contributed by atoms with E-state index in [-0.39, 0.29) is 0 Å². The zero-order valence-electron chi connectivity index (χ0n) is 24.2. The van der Waals surface area contributed by atoms with Gasteiger partial charge in [0.25, 0.3) is 0 Å². The van der Waals surface area contributed by atoms with E-state index in [0.717, 1.165) is 44.2 Å². The molecule has 0 radical (unpaired) electrons. The monoisotopic (exact) mass is 592 g/mol. The Kier molecular flexibility index (Phi) is 10.6. The van der Waals surface area contributed by atoms with Crippen LogP contribution in [0.5, 0.6) is 23.0 Å². The second-order valence-corrected chi connectivity index (χ2v) is 14.2. The number of hydrogen-bond acceptors (Lipinski definition) is 6. The van der Waals surface area contributed by atoms with Gasteiger partial charge in [0.05, 0.1) is 28.4 Å². The summed E-state index contributed by atoms with van der Waals surface area (Å²) < 4.78 is 23.2. The minimum absolute atomic E-state index is 0.476. The third-order valence-electron chi connectivity index (χ3n) is 7.17. The largest absolute Gasteiger partial charge is 0.496 e. The maximum absolute atomic E-state index is 11.1. The minimum atomic E-state index is -1.59. The fraction of sp³-hybridized carbons (Fsp3) is 0.273. The number of aliphatic hydroxyl groups excluding tert-OH is 1. The van der Waals surface area contributed by atoms with Crippen molar-refractivity contribution in [1.82, 2.24) is 0 Å². The van der Waals surface area contributed by atoms with E-state index in [9.17, 15) is 10.2 Å². The van der Waals surface area contributed by atoms with Gasteiger partial charge in [-0.1, -0.05) is 79.7 Å². The van der Waals surface area contributed by atoms with Gasteiger partial charge in [0.1, 0.15) is 23.0 Å². The van der Waals surface area contributed by atoms with Gasteiger partial charge in [-0.25, -0.2) is 0 Å². The SMILES string of the molecule is COc1ccccc1P(CC(C)(CP(c1ccccc1OC)c1ccccc1OC)C(O)O)c1ccccc1OC. The Morgan fingerprint density at radius 2 is 0.756 bits per heavy atom. The van der Waals surface area contributed by atoms with Crippen LogP contribution in [0.2, 0.25) is 0 Å². The molecule has 0 aliphatic carbocycles. The zero-order valence-corrected chi connectivity index (χ0v) is 25.9. The molecule has 2 N–H and O–H groups in total. The summed E-state index contributed by atoms with van der Waals surface area (Å²) in [6.07, 6.45) is -0.639. The Bertz CT molecular complexity index is 1230. The molecule has 0 spiro atoms.